The molecule has 4 heteroatoms. The average molecular weight is 774 g/mol. The van der Waals surface area contributed by atoms with Crippen molar-refractivity contribution in [3.63, 3.8) is 0 Å². The summed E-state index contributed by atoms with van der Waals surface area (Å²) in [5, 5.41) is 3.07. The Hall–Kier alpha value is -2.10. The van der Waals surface area contributed by atoms with E-state index in [-0.39, 0.29) is 35.6 Å². The normalized spacial score (nSPS) is 11.2. The second-order valence-corrected chi connectivity index (χ2v) is 19.7. The fourth-order valence-corrected chi connectivity index (χ4v) is 9.66. The van der Waals surface area contributed by atoms with Gasteiger partial charge in [0.05, 0.1) is 0 Å². The summed E-state index contributed by atoms with van der Waals surface area (Å²) >= 11 is 1.27. The van der Waals surface area contributed by atoms with Crippen LogP contribution < -0.4 is 35.2 Å². The Morgan fingerprint density at radius 3 is 1.60 bits per heavy atom. The number of fused-ring (bicyclic) bond motifs is 3. The van der Waals surface area contributed by atoms with Crippen molar-refractivity contribution >= 4 is 15.9 Å². The molecule has 0 fully saturated rings. The van der Waals surface area contributed by atoms with E-state index >= 15 is 0 Å². The standard InChI is InChI=1S/C21H25.C12H10Si.C5H5.2ClH.Hf/c1-20(2,3)16-9-7-14-11-15-8-10-17(21(4,5)6)13-19(15)18(14)12-16;1-3-7-11(8-4-1)13-12-9-5-2-6-10-12;1-2-4-5-3-1;;;/h7,9-10,12-13H,11H2,1-6H3;1-10H;1-5H;2*1H;/q-1;;-1;;;+2/p-2. The molecule has 0 heterocycles. The Bertz CT molecular complexity index is 1410. The predicted molar refractivity (Wildman–Crippen MR) is 171 cm³/mol. The predicted octanol–water partition coefficient (Wildman–Crippen LogP) is 2.41. The Labute approximate surface area is 281 Å². The SMILES string of the molecule is CC(C)(C)c1c[c-]c2c(c1)-c1cc(C(C)(C)C)ccc1C2.[Cl-].[Cl-].[Hf+2]=[Si](c1ccccc1)c1ccccc1.c1cc[cH-]c1. The number of rotatable bonds is 2. The van der Waals surface area contributed by atoms with Crippen LogP contribution in [0.5, 0.6) is 0 Å². The summed E-state index contributed by atoms with van der Waals surface area (Å²) in [5.41, 5.74) is 8.36. The van der Waals surface area contributed by atoms with E-state index in [1.54, 1.807) is 0 Å². The third-order valence-corrected chi connectivity index (χ3v) is 15.3. The van der Waals surface area contributed by atoms with E-state index in [9.17, 15) is 0 Å². The minimum atomic E-state index is -0.406. The maximum absolute atomic E-state index is 3.53. The maximum Gasteiger partial charge on any atom is -0.172 e. The number of benzene rings is 4. The second kappa shape index (κ2) is 16.1. The Morgan fingerprint density at radius 1 is 0.643 bits per heavy atom. The summed E-state index contributed by atoms with van der Waals surface area (Å²) in [5.74, 6) is 0. The van der Waals surface area contributed by atoms with Gasteiger partial charge in [-0.05, 0) is 17.4 Å². The first-order valence-corrected chi connectivity index (χ1v) is 21.0. The zero-order chi connectivity index (χ0) is 28.8. The van der Waals surface area contributed by atoms with E-state index in [1.807, 2.05) is 30.3 Å². The molecule has 42 heavy (non-hydrogen) atoms. The molecule has 0 saturated heterocycles. The molecule has 5 aromatic carbocycles. The zero-order valence-electron chi connectivity index (χ0n) is 25.5. The van der Waals surface area contributed by atoms with Gasteiger partial charge < -0.3 is 24.8 Å². The van der Waals surface area contributed by atoms with E-state index in [4.69, 9.17) is 0 Å². The number of hydrogen-bond donors (Lipinski definition) is 0. The van der Waals surface area contributed by atoms with Crippen molar-refractivity contribution in [2.24, 2.45) is 0 Å². The molecule has 0 nitrogen and oxygen atoms in total. The quantitative estimate of drug-likeness (QED) is 0.188. The van der Waals surface area contributed by atoms with Crippen LogP contribution in [0.4, 0.5) is 0 Å². The summed E-state index contributed by atoms with van der Waals surface area (Å²) in [6.07, 6.45) is 1.03. The molecule has 0 bridgehead atoms. The minimum absolute atomic E-state index is 0. The van der Waals surface area contributed by atoms with Gasteiger partial charge in [0.1, 0.15) is 0 Å². The van der Waals surface area contributed by atoms with Crippen LogP contribution in [0.2, 0.25) is 0 Å². The molecule has 1 aliphatic rings. The van der Waals surface area contributed by atoms with Crippen molar-refractivity contribution in [2.45, 2.75) is 58.8 Å². The number of halogens is 2. The first-order valence-electron chi connectivity index (χ1n) is 14.1. The smallest absolute Gasteiger partial charge is 0.172 e. The van der Waals surface area contributed by atoms with Gasteiger partial charge in [0.15, 0.2) is 0 Å². The van der Waals surface area contributed by atoms with E-state index in [0.29, 0.717) is 0 Å². The summed E-state index contributed by atoms with van der Waals surface area (Å²) in [4.78, 5) is 0. The molecule has 0 radical (unpaired) electrons. The van der Waals surface area contributed by atoms with Gasteiger partial charge in [-0.2, -0.15) is 47.5 Å². The Morgan fingerprint density at radius 2 is 1.14 bits per heavy atom. The first kappa shape index (κ1) is 36.1. The van der Waals surface area contributed by atoms with Crippen LogP contribution in [0.15, 0.2) is 121 Å². The summed E-state index contributed by atoms with van der Waals surface area (Å²) < 4.78 is 0. The largest absolute Gasteiger partial charge is 0.214 e. The Kier molecular flexibility index (Phi) is 13.8. The van der Waals surface area contributed by atoms with Crippen molar-refractivity contribution in [1.82, 2.24) is 0 Å². The van der Waals surface area contributed by atoms with Crippen LogP contribution in [-0.2, 0) is 40.3 Å². The monoisotopic (exact) mass is 774 g/mol. The van der Waals surface area contributed by atoms with Gasteiger partial charge in [-0.25, -0.2) is 12.1 Å². The van der Waals surface area contributed by atoms with E-state index in [0.717, 1.165) is 6.42 Å². The van der Waals surface area contributed by atoms with Crippen LogP contribution in [0.25, 0.3) is 11.1 Å². The van der Waals surface area contributed by atoms with E-state index in [2.05, 4.69) is 139 Å². The minimum Gasteiger partial charge on any atom is -0.214 e. The zero-order valence-corrected chi connectivity index (χ0v) is 31.6. The third-order valence-electron chi connectivity index (χ3n) is 7.21. The van der Waals surface area contributed by atoms with Crippen molar-refractivity contribution in [2.75, 3.05) is 0 Å². The van der Waals surface area contributed by atoms with Crippen LogP contribution in [0.3, 0.4) is 0 Å². The molecule has 5 aromatic rings. The second-order valence-electron chi connectivity index (χ2n) is 12.4. The van der Waals surface area contributed by atoms with Gasteiger partial charge in [-0.1, -0.05) is 76.3 Å². The molecule has 0 saturated carbocycles. The first-order chi connectivity index (χ1) is 19.0. The molecular formula is C38H40Cl2HfSi-2. The van der Waals surface area contributed by atoms with Crippen LogP contribution in [0.1, 0.15) is 63.8 Å². The maximum atomic E-state index is 3.53. The molecule has 0 aromatic heterocycles. The fraction of sp³-hybridized carbons (Fsp3) is 0.237. The van der Waals surface area contributed by atoms with Gasteiger partial charge in [-0.3, -0.25) is 0 Å². The molecule has 0 N–H and O–H groups in total. The van der Waals surface area contributed by atoms with Gasteiger partial charge in [0.25, 0.3) is 0 Å². The average Bonchev–Trinajstić information content (AvgIpc) is 3.64. The van der Waals surface area contributed by atoms with Crippen molar-refractivity contribution < 1.29 is 47.8 Å². The molecule has 0 amide bonds. The van der Waals surface area contributed by atoms with Crippen molar-refractivity contribution in [1.29, 1.82) is 0 Å². The topological polar surface area (TPSA) is 0 Å². The summed E-state index contributed by atoms with van der Waals surface area (Å²) in [6, 6.07) is 46.8. The summed E-state index contributed by atoms with van der Waals surface area (Å²) in [7, 11) is 0. The van der Waals surface area contributed by atoms with Gasteiger partial charge in [0.2, 0.25) is 0 Å². The summed E-state index contributed by atoms with van der Waals surface area (Å²) in [6.45, 7) is 13.6. The van der Waals surface area contributed by atoms with Gasteiger partial charge >= 0.3 is 99.5 Å². The van der Waals surface area contributed by atoms with E-state index < -0.39 is 5.49 Å². The molecule has 6 rings (SSSR count). The molecular weight excluding hydrogens is 734 g/mol. The molecule has 0 aliphatic heterocycles. The van der Waals surface area contributed by atoms with Gasteiger partial charge in [-0.15, -0.1) is 5.56 Å². The van der Waals surface area contributed by atoms with Crippen LogP contribution >= 0.6 is 0 Å². The van der Waals surface area contributed by atoms with E-state index in [1.165, 1.54) is 66.8 Å². The van der Waals surface area contributed by atoms with Crippen LogP contribution in [-0.4, -0.2) is 5.49 Å². The number of hydrogen-bond acceptors (Lipinski definition) is 0. The van der Waals surface area contributed by atoms with Crippen LogP contribution in [0, 0.1) is 6.07 Å². The molecule has 0 atom stereocenters. The fourth-order valence-electron chi connectivity index (χ4n) is 4.68. The molecule has 0 spiro atoms. The molecule has 216 valence electrons. The third kappa shape index (κ3) is 9.71. The van der Waals surface area contributed by atoms with Crippen molar-refractivity contribution in [3.8, 4) is 11.1 Å². The van der Waals surface area contributed by atoms with Gasteiger partial charge in [0, 0.05) is 0 Å². The molecule has 1 aliphatic carbocycles. The Balaban J connectivity index is 0.000000253. The molecule has 0 unspecified atom stereocenters. The van der Waals surface area contributed by atoms with Crippen molar-refractivity contribution in [3.05, 3.63) is 150 Å².